The summed E-state index contributed by atoms with van der Waals surface area (Å²) in [6.45, 7) is 5.24. The highest BCUT2D eigenvalue weighted by Crippen LogP contribution is 2.39. The Kier molecular flexibility index (Phi) is 9.55. The summed E-state index contributed by atoms with van der Waals surface area (Å²) >= 11 is 1.41. The SMILES string of the molecule is COc1ccc(C2CCCCC2)cc1-c1csc(NC(=O)N2CCN(CC3CCCCN3S(=O)(=O)c3cnoc3C)CC2)n1. The summed E-state index contributed by atoms with van der Waals surface area (Å²) in [6, 6.07) is 6.13. The van der Waals surface area contributed by atoms with Crippen LogP contribution in [-0.2, 0) is 10.0 Å². The molecule has 44 heavy (non-hydrogen) atoms. The van der Waals surface area contributed by atoms with Crippen molar-refractivity contribution < 1.29 is 22.5 Å². The lowest BCUT2D eigenvalue weighted by Gasteiger charge is -2.40. The predicted molar refractivity (Wildman–Crippen MR) is 170 cm³/mol. The second kappa shape index (κ2) is 13.6. The maximum absolute atomic E-state index is 13.4. The van der Waals surface area contributed by atoms with Gasteiger partial charge in [-0.05, 0) is 56.2 Å². The van der Waals surface area contributed by atoms with Gasteiger partial charge in [0.2, 0.25) is 10.0 Å². The monoisotopic (exact) mass is 642 g/mol. The Morgan fingerprint density at radius 1 is 1.07 bits per heavy atom. The lowest BCUT2D eigenvalue weighted by molar-refractivity contribution is 0.116. The normalized spacial score (nSPS) is 21.0. The number of hydrogen-bond acceptors (Lipinski definition) is 9. The van der Waals surface area contributed by atoms with E-state index < -0.39 is 10.0 Å². The van der Waals surface area contributed by atoms with Crippen LogP contribution in [0.1, 0.15) is 68.6 Å². The summed E-state index contributed by atoms with van der Waals surface area (Å²) in [5.74, 6) is 1.67. The van der Waals surface area contributed by atoms with Crippen molar-refractivity contribution in [2.45, 2.75) is 75.1 Å². The molecule has 0 spiro atoms. The van der Waals surface area contributed by atoms with E-state index in [9.17, 15) is 13.2 Å². The summed E-state index contributed by atoms with van der Waals surface area (Å²) in [5, 5.41) is 9.21. The third kappa shape index (κ3) is 6.65. The molecule has 1 aromatic carbocycles. The quantitative estimate of drug-likeness (QED) is 0.339. The van der Waals surface area contributed by atoms with Gasteiger partial charge in [0.25, 0.3) is 0 Å². The zero-order valence-electron chi connectivity index (χ0n) is 25.5. The number of ether oxygens (including phenoxy) is 1. The predicted octanol–water partition coefficient (Wildman–Crippen LogP) is 5.56. The number of thiazole rings is 1. The Labute approximate surface area is 263 Å². The maximum atomic E-state index is 13.4. The molecule has 4 heterocycles. The molecule has 238 valence electrons. The minimum atomic E-state index is -3.68. The van der Waals surface area contributed by atoms with Crippen LogP contribution in [0.4, 0.5) is 9.93 Å². The van der Waals surface area contributed by atoms with Gasteiger partial charge < -0.3 is 14.2 Å². The van der Waals surface area contributed by atoms with Gasteiger partial charge in [-0.1, -0.05) is 36.9 Å². The maximum Gasteiger partial charge on any atom is 0.323 e. The number of piperidine rings is 1. The van der Waals surface area contributed by atoms with Crippen LogP contribution >= 0.6 is 11.3 Å². The van der Waals surface area contributed by atoms with Crippen molar-refractivity contribution in [3.63, 3.8) is 0 Å². The molecular formula is C31H42N6O5S2. The molecule has 6 rings (SSSR count). The Hall–Kier alpha value is -3.00. The number of anilines is 1. The summed E-state index contributed by atoms with van der Waals surface area (Å²) in [4.78, 5) is 22.1. The zero-order valence-corrected chi connectivity index (χ0v) is 27.2. The smallest absolute Gasteiger partial charge is 0.323 e. The molecule has 13 heteroatoms. The fourth-order valence-corrected chi connectivity index (χ4v) is 9.27. The van der Waals surface area contributed by atoms with E-state index in [1.54, 1.807) is 23.2 Å². The fourth-order valence-electron chi connectivity index (χ4n) is 6.81. The third-order valence-electron chi connectivity index (χ3n) is 9.29. The van der Waals surface area contributed by atoms with Crippen LogP contribution in [-0.4, -0.2) is 91.1 Å². The molecule has 2 aliphatic heterocycles. The summed E-state index contributed by atoms with van der Waals surface area (Å²) in [6.07, 6.45) is 10.2. The molecule has 3 fully saturated rings. The second-order valence-electron chi connectivity index (χ2n) is 12.1. The van der Waals surface area contributed by atoms with Crippen LogP contribution in [0.5, 0.6) is 5.75 Å². The number of carbonyl (C=O) groups excluding carboxylic acids is 1. The van der Waals surface area contributed by atoms with Crippen LogP contribution in [0.3, 0.4) is 0 Å². The number of carbonyl (C=O) groups is 1. The lowest BCUT2D eigenvalue weighted by Crippen LogP contribution is -2.55. The Bertz CT molecular complexity index is 1540. The van der Waals surface area contributed by atoms with Gasteiger partial charge >= 0.3 is 6.03 Å². The Balaban J connectivity index is 1.05. The zero-order chi connectivity index (χ0) is 30.7. The lowest BCUT2D eigenvalue weighted by atomic mass is 9.83. The largest absolute Gasteiger partial charge is 0.496 e. The van der Waals surface area contributed by atoms with E-state index in [1.807, 2.05) is 11.4 Å². The average Bonchev–Trinajstić information content (AvgIpc) is 3.71. The second-order valence-corrected chi connectivity index (χ2v) is 14.8. The van der Waals surface area contributed by atoms with Gasteiger partial charge in [-0.3, -0.25) is 10.2 Å². The van der Waals surface area contributed by atoms with E-state index in [0.717, 1.165) is 36.3 Å². The molecule has 11 nitrogen and oxygen atoms in total. The average molecular weight is 643 g/mol. The third-order valence-corrected chi connectivity index (χ3v) is 12.1. The van der Waals surface area contributed by atoms with Crippen molar-refractivity contribution in [3.8, 4) is 17.0 Å². The summed E-state index contributed by atoms with van der Waals surface area (Å²) < 4.78 is 39.1. The van der Waals surface area contributed by atoms with Gasteiger partial charge in [0, 0.05) is 56.3 Å². The van der Waals surface area contributed by atoms with Gasteiger partial charge in [0.05, 0.1) is 19.0 Å². The molecule has 1 saturated carbocycles. The topological polar surface area (TPSA) is 121 Å². The van der Waals surface area contributed by atoms with Crippen LogP contribution in [0.15, 0.2) is 39.2 Å². The first-order valence-corrected chi connectivity index (χ1v) is 18.0. The first-order valence-electron chi connectivity index (χ1n) is 15.7. The molecule has 3 aromatic rings. The van der Waals surface area contributed by atoms with Gasteiger partial charge in [-0.15, -0.1) is 11.3 Å². The number of rotatable bonds is 8. The number of nitrogens with one attached hydrogen (secondary N) is 1. The molecule has 2 saturated heterocycles. The molecule has 1 unspecified atom stereocenters. The molecule has 0 radical (unpaired) electrons. The van der Waals surface area contributed by atoms with E-state index in [1.165, 1.54) is 55.2 Å². The Morgan fingerprint density at radius 3 is 2.57 bits per heavy atom. The number of urea groups is 1. The molecule has 2 aromatic heterocycles. The number of aromatic nitrogens is 2. The van der Waals surface area contributed by atoms with Gasteiger partial charge in [0.1, 0.15) is 10.6 Å². The molecular weight excluding hydrogens is 601 g/mol. The van der Waals surface area contributed by atoms with Crippen molar-refractivity contribution in [2.24, 2.45) is 0 Å². The summed E-state index contributed by atoms with van der Waals surface area (Å²) in [5.41, 5.74) is 3.09. The van der Waals surface area contributed by atoms with Crippen molar-refractivity contribution >= 4 is 32.5 Å². The molecule has 1 atom stereocenters. The van der Waals surface area contributed by atoms with Crippen LogP contribution < -0.4 is 10.1 Å². The number of aryl methyl sites for hydroxylation is 1. The van der Waals surface area contributed by atoms with Crippen molar-refractivity contribution in [1.82, 2.24) is 24.2 Å². The number of methoxy groups -OCH3 is 1. The van der Waals surface area contributed by atoms with Crippen LogP contribution in [0, 0.1) is 6.92 Å². The number of piperazine rings is 1. The van der Waals surface area contributed by atoms with E-state index in [2.05, 4.69) is 27.5 Å². The fraction of sp³-hybridized carbons (Fsp3) is 0.581. The molecule has 2 amide bonds. The molecule has 1 N–H and O–H groups in total. The van der Waals surface area contributed by atoms with Crippen LogP contribution in [0.25, 0.3) is 11.3 Å². The van der Waals surface area contributed by atoms with Crippen molar-refractivity contribution in [1.29, 1.82) is 0 Å². The highest BCUT2D eigenvalue weighted by Gasteiger charge is 2.37. The van der Waals surface area contributed by atoms with Gasteiger partial charge in [-0.25, -0.2) is 18.2 Å². The first kappa shape index (κ1) is 31.0. The van der Waals surface area contributed by atoms with E-state index in [-0.39, 0.29) is 17.0 Å². The van der Waals surface area contributed by atoms with Crippen LogP contribution in [0.2, 0.25) is 0 Å². The van der Waals surface area contributed by atoms with E-state index >= 15 is 0 Å². The van der Waals surface area contributed by atoms with Gasteiger partial charge in [0.15, 0.2) is 10.9 Å². The van der Waals surface area contributed by atoms with Crippen molar-refractivity contribution in [3.05, 3.63) is 41.1 Å². The number of amides is 2. The number of hydrogen-bond donors (Lipinski definition) is 1. The number of sulfonamides is 1. The highest BCUT2D eigenvalue weighted by molar-refractivity contribution is 7.89. The highest BCUT2D eigenvalue weighted by atomic mass is 32.2. The number of nitrogens with zero attached hydrogens (tertiary/aromatic N) is 5. The molecule has 0 bridgehead atoms. The van der Waals surface area contributed by atoms with E-state index in [0.29, 0.717) is 56.1 Å². The minimum absolute atomic E-state index is 0.120. The Morgan fingerprint density at radius 2 is 1.84 bits per heavy atom. The summed E-state index contributed by atoms with van der Waals surface area (Å²) in [7, 11) is -2.00. The number of benzene rings is 1. The van der Waals surface area contributed by atoms with Gasteiger partial charge in [-0.2, -0.15) is 4.31 Å². The first-order chi connectivity index (χ1) is 21.3. The van der Waals surface area contributed by atoms with E-state index in [4.69, 9.17) is 14.2 Å². The minimum Gasteiger partial charge on any atom is -0.496 e. The van der Waals surface area contributed by atoms with Crippen molar-refractivity contribution in [2.75, 3.05) is 51.7 Å². The standard InChI is InChI=1S/C31H42N6O5S2/c1-22-29(19-32-42-22)44(39,40)37-13-7-6-10-25(37)20-35-14-16-36(17-15-35)31(38)34-30-33-27(21-43-30)26-18-24(11-12-28(26)41-2)23-8-4-3-5-9-23/h11-12,18-19,21,23,25H,3-10,13-17,20H2,1-2H3,(H,33,34,38). The molecule has 3 aliphatic rings. The molecule has 1 aliphatic carbocycles.